The molecular weight excluding hydrogens is 132 g/mol. The van der Waals surface area contributed by atoms with Gasteiger partial charge in [0.2, 0.25) is 0 Å². The summed E-state index contributed by atoms with van der Waals surface area (Å²) in [6.07, 6.45) is 1.07. The summed E-state index contributed by atoms with van der Waals surface area (Å²) in [6, 6.07) is -0.348. The molecule has 3 atom stereocenters. The normalized spacial score (nSPS) is 44.2. The third kappa shape index (κ3) is 0.803. The van der Waals surface area contributed by atoms with Gasteiger partial charge in [-0.25, -0.2) is 5.43 Å². The molecule has 4 nitrogen and oxygen atoms in total. The molecule has 4 heteroatoms. The minimum absolute atomic E-state index is 0.348. The van der Waals surface area contributed by atoms with Crippen LogP contribution < -0.4 is 10.9 Å². The number of carboxylic acid groups (broad SMARTS) is 1. The number of aliphatic carboxylic acids is 1. The standard InChI is InChI=1S/C6H10N2O2/c9-6(10)5-4-1-3(4)2-7-8-5/h3-5,7-8H,1-2H2,(H,9,10). The summed E-state index contributed by atoms with van der Waals surface area (Å²) in [5.74, 6) is 0.265. The van der Waals surface area contributed by atoms with Crippen molar-refractivity contribution in [2.24, 2.45) is 11.8 Å². The van der Waals surface area contributed by atoms with Gasteiger partial charge in [-0.1, -0.05) is 0 Å². The Balaban J connectivity index is 2.02. The van der Waals surface area contributed by atoms with Gasteiger partial charge >= 0.3 is 5.97 Å². The van der Waals surface area contributed by atoms with E-state index in [1.165, 1.54) is 0 Å². The Morgan fingerprint density at radius 1 is 1.60 bits per heavy atom. The number of rotatable bonds is 1. The molecule has 0 aromatic carbocycles. The molecule has 1 heterocycles. The second kappa shape index (κ2) is 1.93. The molecule has 10 heavy (non-hydrogen) atoms. The van der Waals surface area contributed by atoms with Gasteiger partial charge in [-0.2, -0.15) is 0 Å². The maximum absolute atomic E-state index is 10.5. The number of hydrogen-bond acceptors (Lipinski definition) is 3. The molecule has 1 aliphatic carbocycles. The van der Waals surface area contributed by atoms with E-state index in [9.17, 15) is 4.79 Å². The minimum Gasteiger partial charge on any atom is -0.480 e. The summed E-state index contributed by atoms with van der Waals surface area (Å²) in [6.45, 7) is 0.925. The Kier molecular flexibility index (Phi) is 1.18. The molecule has 0 spiro atoms. The average Bonchev–Trinajstić information content (AvgIpc) is 2.63. The van der Waals surface area contributed by atoms with E-state index in [-0.39, 0.29) is 6.04 Å². The molecule has 2 aliphatic rings. The highest BCUT2D eigenvalue weighted by Gasteiger charge is 2.48. The highest BCUT2D eigenvalue weighted by molar-refractivity contribution is 5.74. The smallest absolute Gasteiger partial charge is 0.322 e. The summed E-state index contributed by atoms with van der Waals surface area (Å²) in [5, 5.41) is 8.63. The van der Waals surface area contributed by atoms with Crippen molar-refractivity contribution in [3.63, 3.8) is 0 Å². The van der Waals surface area contributed by atoms with Crippen LogP contribution in [0, 0.1) is 11.8 Å². The fourth-order valence-electron chi connectivity index (χ4n) is 1.57. The summed E-state index contributed by atoms with van der Waals surface area (Å²) in [7, 11) is 0. The van der Waals surface area contributed by atoms with Gasteiger partial charge in [0.05, 0.1) is 0 Å². The molecule has 56 valence electrons. The van der Waals surface area contributed by atoms with Crippen LogP contribution in [0.15, 0.2) is 0 Å². The van der Waals surface area contributed by atoms with E-state index in [0.717, 1.165) is 13.0 Å². The van der Waals surface area contributed by atoms with Gasteiger partial charge in [-0.15, -0.1) is 0 Å². The van der Waals surface area contributed by atoms with Gasteiger partial charge in [0.1, 0.15) is 6.04 Å². The van der Waals surface area contributed by atoms with E-state index in [2.05, 4.69) is 10.9 Å². The van der Waals surface area contributed by atoms with E-state index in [1.807, 2.05) is 0 Å². The average molecular weight is 142 g/mol. The molecule has 0 radical (unpaired) electrons. The first-order valence-corrected chi connectivity index (χ1v) is 3.50. The Hall–Kier alpha value is -0.610. The van der Waals surface area contributed by atoms with Gasteiger partial charge in [-0.3, -0.25) is 10.2 Å². The molecule has 3 unspecified atom stereocenters. The molecule has 2 rings (SSSR count). The number of carboxylic acids is 1. The SMILES string of the molecule is O=C(O)C1NNCC2CC21. The van der Waals surface area contributed by atoms with Crippen molar-refractivity contribution in [3.8, 4) is 0 Å². The quantitative estimate of drug-likeness (QED) is 0.448. The molecule has 1 saturated heterocycles. The van der Waals surface area contributed by atoms with Crippen molar-refractivity contribution in [1.29, 1.82) is 0 Å². The molecule has 3 N–H and O–H groups in total. The van der Waals surface area contributed by atoms with Crippen molar-refractivity contribution >= 4 is 5.97 Å². The second-order valence-electron chi connectivity index (χ2n) is 3.00. The third-order valence-corrected chi connectivity index (χ3v) is 2.29. The molecule has 0 bridgehead atoms. The lowest BCUT2D eigenvalue weighted by Gasteiger charge is -2.19. The van der Waals surface area contributed by atoms with Crippen LogP contribution in [0.4, 0.5) is 0 Å². The van der Waals surface area contributed by atoms with E-state index in [4.69, 9.17) is 5.11 Å². The number of hydrazine groups is 1. The van der Waals surface area contributed by atoms with Crippen LogP contribution in [0.5, 0.6) is 0 Å². The summed E-state index contributed by atoms with van der Waals surface area (Å²) >= 11 is 0. The molecule has 0 aromatic rings. The topological polar surface area (TPSA) is 61.4 Å². The van der Waals surface area contributed by atoms with Crippen LogP contribution in [0.25, 0.3) is 0 Å². The first kappa shape index (κ1) is 6.12. The first-order valence-electron chi connectivity index (χ1n) is 3.50. The van der Waals surface area contributed by atoms with Crippen LogP contribution in [0.1, 0.15) is 6.42 Å². The number of hydrogen-bond donors (Lipinski definition) is 3. The monoisotopic (exact) mass is 142 g/mol. The summed E-state index contributed by atoms with van der Waals surface area (Å²) in [4.78, 5) is 10.5. The van der Waals surface area contributed by atoms with Gasteiger partial charge in [0, 0.05) is 6.54 Å². The predicted molar refractivity (Wildman–Crippen MR) is 34.2 cm³/mol. The molecular formula is C6H10N2O2. The lowest BCUT2D eigenvalue weighted by molar-refractivity contribution is -0.140. The predicted octanol–water partition coefficient (Wildman–Crippen LogP) is -0.817. The van der Waals surface area contributed by atoms with Crippen molar-refractivity contribution < 1.29 is 9.90 Å². The fraction of sp³-hybridized carbons (Fsp3) is 0.833. The Morgan fingerprint density at radius 2 is 2.40 bits per heavy atom. The van der Waals surface area contributed by atoms with Crippen molar-refractivity contribution in [1.82, 2.24) is 10.9 Å². The van der Waals surface area contributed by atoms with Gasteiger partial charge < -0.3 is 5.11 Å². The van der Waals surface area contributed by atoms with Gasteiger partial charge in [0.15, 0.2) is 0 Å². The first-order chi connectivity index (χ1) is 4.79. The molecule has 0 aromatic heterocycles. The third-order valence-electron chi connectivity index (χ3n) is 2.29. The number of nitrogens with one attached hydrogen (secondary N) is 2. The van der Waals surface area contributed by atoms with E-state index in [1.54, 1.807) is 0 Å². The van der Waals surface area contributed by atoms with E-state index >= 15 is 0 Å². The van der Waals surface area contributed by atoms with Crippen LogP contribution >= 0.6 is 0 Å². The van der Waals surface area contributed by atoms with Crippen LogP contribution in [0.3, 0.4) is 0 Å². The maximum Gasteiger partial charge on any atom is 0.322 e. The summed E-state index contributed by atoms with van der Waals surface area (Å²) < 4.78 is 0. The minimum atomic E-state index is -0.736. The van der Waals surface area contributed by atoms with Crippen molar-refractivity contribution in [3.05, 3.63) is 0 Å². The molecule has 0 amide bonds. The lowest BCUT2D eigenvalue weighted by atomic mass is 10.1. The second-order valence-corrected chi connectivity index (χ2v) is 3.00. The number of carbonyl (C=O) groups is 1. The zero-order valence-corrected chi connectivity index (χ0v) is 5.50. The van der Waals surface area contributed by atoms with Gasteiger partial charge in [0.25, 0.3) is 0 Å². The fourth-order valence-corrected chi connectivity index (χ4v) is 1.57. The lowest BCUT2D eigenvalue weighted by Crippen LogP contribution is -2.51. The van der Waals surface area contributed by atoms with Crippen molar-refractivity contribution in [2.45, 2.75) is 12.5 Å². The van der Waals surface area contributed by atoms with E-state index in [0.29, 0.717) is 11.8 Å². The van der Waals surface area contributed by atoms with Gasteiger partial charge in [-0.05, 0) is 18.3 Å². The summed E-state index contributed by atoms with van der Waals surface area (Å²) in [5.41, 5.74) is 5.64. The van der Waals surface area contributed by atoms with Crippen LogP contribution in [-0.4, -0.2) is 23.7 Å². The highest BCUT2D eigenvalue weighted by Crippen LogP contribution is 2.42. The van der Waals surface area contributed by atoms with E-state index < -0.39 is 5.97 Å². The molecule has 1 saturated carbocycles. The zero-order chi connectivity index (χ0) is 7.14. The van der Waals surface area contributed by atoms with Crippen LogP contribution in [0.2, 0.25) is 0 Å². The molecule has 2 fully saturated rings. The number of fused-ring (bicyclic) bond motifs is 1. The maximum atomic E-state index is 10.5. The highest BCUT2D eigenvalue weighted by atomic mass is 16.4. The molecule has 1 aliphatic heterocycles. The zero-order valence-electron chi connectivity index (χ0n) is 5.50. The Bertz CT molecular complexity index is 171. The largest absolute Gasteiger partial charge is 0.480 e. The Morgan fingerprint density at radius 3 is 3.00 bits per heavy atom. The van der Waals surface area contributed by atoms with Crippen molar-refractivity contribution in [2.75, 3.05) is 6.54 Å². The van der Waals surface area contributed by atoms with Crippen LogP contribution in [-0.2, 0) is 4.79 Å². The Labute approximate surface area is 58.6 Å².